The van der Waals surface area contributed by atoms with Crippen molar-refractivity contribution in [3.05, 3.63) is 97.4 Å². The molecule has 56 heavy (non-hydrogen) atoms. The zero-order chi connectivity index (χ0) is 39.2. The Labute approximate surface area is 340 Å². The minimum Gasteiger partial charge on any atom is -0.465 e. The molecule has 13 nitrogen and oxygen atoms in total. The monoisotopic (exact) mass is 818 g/mol. The number of aromatic nitrogens is 3. The van der Waals surface area contributed by atoms with E-state index in [0.717, 1.165) is 33.2 Å². The molecule has 2 aliphatic rings. The van der Waals surface area contributed by atoms with Crippen LogP contribution in [-0.2, 0) is 14.3 Å². The van der Waals surface area contributed by atoms with Crippen molar-refractivity contribution in [1.29, 1.82) is 0 Å². The predicted molar refractivity (Wildman–Crippen MR) is 218 cm³/mol. The minimum absolute atomic E-state index is 0. The number of thiophene rings is 1. The summed E-state index contributed by atoms with van der Waals surface area (Å²) >= 11 is 7.90. The number of piperidine rings is 1. The highest BCUT2D eigenvalue weighted by Gasteiger charge is 2.34. The van der Waals surface area contributed by atoms with E-state index in [4.69, 9.17) is 27.1 Å². The van der Waals surface area contributed by atoms with Gasteiger partial charge in [-0.25, -0.2) is 4.79 Å². The van der Waals surface area contributed by atoms with E-state index in [0.29, 0.717) is 67.4 Å². The molecule has 4 N–H and O–H groups in total. The first-order chi connectivity index (χ1) is 26.5. The van der Waals surface area contributed by atoms with E-state index < -0.39 is 12.0 Å². The summed E-state index contributed by atoms with van der Waals surface area (Å²) in [6, 6.07) is 11.6. The molecular formula is C40H44Cl2N8O5S. The van der Waals surface area contributed by atoms with E-state index in [1.165, 1.54) is 30.2 Å². The van der Waals surface area contributed by atoms with E-state index in [1.807, 2.05) is 40.7 Å². The van der Waals surface area contributed by atoms with Crippen LogP contribution in [0.3, 0.4) is 0 Å². The summed E-state index contributed by atoms with van der Waals surface area (Å²) in [4.78, 5) is 59.9. The Morgan fingerprint density at radius 1 is 1.02 bits per heavy atom. The molecule has 4 aromatic rings. The summed E-state index contributed by atoms with van der Waals surface area (Å²) < 4.78 is 6.83. The minimum atomic E-state index is -0.564. The molecule has 2 aromatic heterocycles. The van der Waals surface area contributed by atoms with Crippen LogP contribution < -0.4 is 16.4 Å². The van der Waals surface area contributed by atoms with Crippen molar-refractivity contribution < 1.29 is 23.9 Å². The number of rotatable bonds is 10. The largest absolute Gasteiger partial charge is 0.465 e. The first-order valence-electron chi connectivity index (χ1n) is 18.1. The number of halogens is 2. The molecule has 0 bridgehead atoms. The second kappa shape index (κ2) is 18.7. The van der Waals surface area contributed by atoms with E-state index in [1.54, 1.807) is 11.3 Å². The molecule has 2 aliphatic heterocycles. The Kier molecular flexibility index (Phi) is 14.1. The topological polar surface area (TPSA) is 174 Å². The van der Waals surface area contributed by atoms with Crippen molar-refractivity contribution in [2.45, 2.75) is 52.5 Å². The molecule has 3 amide bonds. The van der Waals surface area contributed by atoms with E-state index in [-0.39, 0.29) is 54.6 Å². The molecule has 4 heterocycles. The van der Waals surface area contributed by atoms with Gasteiger partial charge in [0.1, 0.15) is 16.9 Å². The highest BCUT2D eigenvalue weighted by atomic mass is 35.5. The van der Waals surface area contributed by atoms with Gasteiger partial charge in [-0.1, -0.05) is 35.6 Å². The summed E-state index contributed by atoms with van der Waals surface area (Å²) in [5.41, 5.74) is 10.2. The van der Waals surface area contributed by atoms with Crippen LogP contribution in [0, 0.1) is 38.5 Å². The summed E-state index contributed by atoms with van der Waals surface area (Å²) in [5.74, 6) is 5.63. The number of carbonyl (C=O) groups is 4. The van der Waals surface area contributed by atoms with Gasteiger partial charge in [-0.05, 0) is 75.9 Å². The summed E-state index contributed by atoms with van der Waals surface area (Å²) in [5, 5.41) is 16.3. The fourth-order valence-corrected chi connectivity index (χ4v) is 8.13. The number of esters is 1. The van der Waals surface area contributed by atoms with Crippen LogP contribution in [0.4, 0.5) is 0 Å². The highest BCUT2D eigenvalue weighted by Crippen LogP contribution is 2.40. The van der Waals surface area contributed by atoms with Gasteiger partial charge >= 0.3 is 5.97 Å². The van der Waals surface area contributed by atoms with E-state index in [2.05, 4.69) is 46.5 Å². The molecule has 6 rings (SSSR count). The molecular weight excluding hydrogens is 775 g/mol. The lowest BCUT2D eigenvalue weighted by Gasteiger charge is -2.32. The lowest BCUT2D eigenvalue weighted by Crippen LogP contribution is -2.43. The number of ether oxygens (including phenoxy) is 1. The number of carbonyl (C=O) groups excluding carboxylic acids is 4. The molecule has 0 spiro atoms. The molecule has 1 fully saturated rings. The molecule has 0 radical (unpaired) electrons. The maximum Gasteiger partial charge on any atom is 0.339 e. The van der Waals surface area contributed by atoms with Gasteiger partial charge < -0.3 is 26.0 Å². The van der Waals surface area contributed by atoms with Crippen LogP contribution in [0.25, 0.3) is 5.00 Å². The number of likely N-dealkylation sites (tertiary alicyclic amines) is 1. The second-order valence-electron chi connectivity index (χ2n) is 13.4. The highest BCUT2D eigenvalue weighted by molar-refractivity contribution is 7.15. The molecule has 0 saturated carbocycles. The first-order valence-corrected chi connectivity index (χ1v) is 19.3. The molecule has 2 aromatic carbocycles. The lowest BCUT2D eigenvalue weighted by molar-refractivity contribution is -0.136. The summed E-state index contributed by atoms with van der Waals surface area (Å²) in [6.07, 6.45) is 1.72. The van der Waals surface area contributed by atoms with Crippen LogP contribution in [0.5, 0.6) is 0 Å². The van der Waals surface area contributed by atoms with Crippen molar-refractivity contribution in [2.75, 3.05) is 39.8 Å². The van der Waals surface area contributed by atoms with E-state index >= 15 is 0 Å². The van der Waals surface area contributed by atoms with Gasteiger partial charge in [-0.3, -0.25) is 23.9 Å². The van der Waals surface area contributed by atoms with Crippen molar-refractivity contribution >= 4 is 64.7 Å². The van der Waals surface area contributed by atoms with Gasteiger partial charge in [0.15, 0.2) is 5.82 Å². The fraction of sp³-hybridized carbons (Fsp3) is 0.375. The number of hydrogen-bond donors (Lipinski definition) is 3. The normalized spacial score (nSPS) is 14.9. The Balaban J connectivity index is 0.00000600. The number of benzene rings is 2. The number of hydrogen-bond acceptors (Lipinski definition) is 10. The van der Waals surface area contributed by atoms with Crippen LogP contribution in [-0.4, -0.2) is 88.9 Å². The van der Waals surface area contributed by atoms with Gasteiger partial charge in [0.05, 0.1) is 31.4 Å². The Morgan fingerprint density at radius 3 is 2.43 bits per heavy atom. The van der Waals surface area contributed by atoms with Crippen LogP contribution >= 0.6 is 35.3 Å². The molecule has 0 unspecified atom stereocenters. The van der Waals surface area contributed by atoms with Gasteiger partial charge in [-0.15, -0.1) is 33.9 Å². The third kappa shape index (κ3) is 9.13. The first kappa shape index (κ1) is 42.1. The average Bonchev–Trinajstić information content (AvgIpc) is 3.67. The number of methoxy groups -OCH3 is 1. The summed E-state index contributed by atoms with van der Waals surface area (Å²) in [7, 11) is 1.27. The molecule has 294 valence electrons. The van der Waals surface area contributed by atoms with Gasteiger partial charge in [0.25, 0.3) is 5.91 Å². The van der Waals surface area contributed by atoms with Crippen LogP contribution in [0.15, 0.2) is 47.5 Å². The van der Waals surface area contributed by atoms with Crippen molar-refractivity contribution in [2.24, 2.45) is 16.6 Å². The zero-order valence-corrected chi connectivity index (χ0v) is 34.0. The number of nitrogens with one attached hydrogen (secondary N) is 2. The third-order valence-corrected chi connectivity index (χ3v) is 11.3. The van der Waals surface area contributed by atoms with Crippen molar-refractivity contribution in [1.82, 2.24) is 30.3 Å². The van der Waals surface area contributed by atoms with Crippen LogP contribution in [0.2, 0.25) is 5.02 Å². The Hall–Kier alpha value is -5.07. The predicted octanol–water partition coefficient (Wildman–Crippen LogP) is 4.88. The molecule has 1 saturated heterocycles. The molecule has 16 heteroatoms. The molecule has 0 aliphatic carbocycles. The van der Waals surface area contributed by atoms with E-state index in [9.17, 15) is 19.2 Å². The summed E-state index contributed by atoms with van der Waals surface area (Å²) in [6.45, 7) is 7.82. The van der Waals surface area contributed by atoms with Crippen LogP contribution in [0.1, 0.15) is 91.2 Å². The fourth-order valence-electron chi connectivity index (χ4n) is 6.79. The smallest absolute Gasteiger partial charge is 0.339 e. The zero-order valence-electron chi connectivity index (χ0n) is 31.6. The standard InChI is InChI=1S/C40H43ClN8O5S.ClH/c1-23-24(2)55-39-34(23)35(26-8-11-30(41)12-9-26)45-32(36-47-46-25(3)49(36)39)22-33(50)48-19-14-27(15-20-48)37(51)43-17-6-18-44-38(52)29-10-13-31(40(53)54-4)28(21-29)7-5-16-42;/h8-13,21,27,32H,6,14-20,22,42H2,1-4H3,(H,43,51)(H,44,52);1H/t32-;/m0./s1. The number of nitrogens with two attached hydrogens (primary N) is 1. The van der Waals surface area contributed by atoms with Crippen molar-refractivity contribution in [3.63, 3.8) is 0 Å². The number of fused-ring (bicyclic) bond motifs is 3. The van der Waals surface area contributed by atoms with Gasteiger partial charge in [-0.2, -0.15) is 0 Å². The quantitative estimate of drug-likeness (QED) is 0.115. The maximum atomic E-state index is 13.8. The number of aliphatic imine (C=N–C) groups is 1. The third-order valence-electron chi connectivity index (χ3n) is 9.89. The lowest BCUT2D eigenvalue weighted by atomic mass is 9.95. The Bertz CT molecular complexity index is 2210. The number of nitrogens with zero attached hydrogens (tertiary/aromatic N) is 5. The van der Waals surface area contributed by atoms with Gasteiger partial charge in [0, 0.05) is 64.3 Å². The maximum absolute atomic E-state index is 13.8. The average molecular weight is 820 g/mol. The van der Waals surface area contributed by atoms with Gasteiger partial charge in [0.2, 0.25) is 11.8 Å². The second-order valence-corrected chi connectivity index (χ2v) is 15.1. The molecule has 1 atom stereocenters. The Morgan fingerprint density at radius 2 is 1.73 bits per heavy atom. The number of aryl methyl sites for hydroxylation is 2. The number of amides is 3. The van der Waals surface area contributed by atoms with Crippen molar-refractivity contribution in [3.8, 4) is 16.8 Å². The SMILES string of the molecule is COC(=O)c1ccc(C(=O)NCCCNC(=O)C2CCN(C(=O)C[C@@H]3N=C(c4ccc(Cl)cc4)c4c(sc(C)c4C)-n4c(C)nnc43)CC2)cc1C#CCN.Cl.